The molecule has 1 N–H and O–H groups in total. The highest BCUT2D eigenvalue weighted by molar-refractivity contribution is 7.89. The van der Waals surface area contributed by atoms with Gasteiger partial charge in [-0.1, -0.05) is 48.3 Å². The number of aromatic nitrogens is 3. The summed E-state index contributed by atoms with van der Waals surface area (Å²) in [7, 11) is -1.98. The highest BCUT2D eigenvalue weighted by Gasteiger charge is 2.29. The van der Waals surface area contributed by atoms with E-state index >= 15 is 0 Å². The first-order valence-corrected chi connectivity index (χ1v) is 14.8. The molecule has 1 aliphatic carbocycles. The molecule has 5 rings (SSSR count). The SMILES string of the molecule is Cc1cc(NC(=O)c2ccc(S(=O)(=O)N(C)C3CCCCC3)cc2)n(-c2nc3c(C)ccc(Cl)c3s2)n1. The number of fused-ring (bicyclic) bond motifs is 1. The fourth-order valence-corrected chi connectivity index (χ4v) is 7.39. The van der Waals surface area contributed by atoms with E-state index in [1.54, 1.807) is 17.8 Å². The van der Waals surface area contributed by atoms with E-state index in [1.165, 1.54) is 39.9 Å². The molecule has 0 radical (unpaired) electrons. The number of hydrogen-bond donors (Lipinski definition) is 1. The molecule has 37 heavy (non-hydrogen) atoms. The number of hydrogen-bond acceptors (Lipinski definition) is 6. The molecule has 0 atom stereocenters. The van der Waals surface area contributed by atoms with Gasteiger partial charge in [0.05, 0.1) is 25.8 Å². The van der Waals surface area contributed by atoms with Gasteiger partial charge in [-0.3, -0.25) is 4.79 Å². The molecule has 1 saturated carbocycles. The molecule has 0 bridgehead atoms. The van der Waals surface area contributed by atoms with Gasteiger partial charge in [-0.2, -0.15) is 14.1 Å². The Kier molecular flexibility index (Phi) is 7.10. The average molecular weight is 558 g/mol. The number of carbonyl (C=O) groups excluding carboxylic acids is 1. The predicted octanol–water partition coefficient (Wildman–Crippen LogP) is 5.96. The fourth-order valence-electron chi connectivity index (χ4n) is 4.69. The lowest BCUT2D eigenvalue weighted by molar-refractivity contribution is 0.102. The number of sulfonamides is 1. The van der Waals surface area contributed by atoms with Gasteiger partial charge in [0.1, 0.15) is 5.82 Å². The second-order valence-corrected chi connectivity index (χ2v) is 12.8. The van der Waals surface area contributed by atoms with Crippen molar-refractivity contribution in [3.63, 3.8) is 0 Å². The zero-order valence-corrected chi connectivity index (χ0v) is 23.3. The van der Waals surface area contributed by atoms with Crippen LogP contribution in [0.15, 0.2) is 47.4 Å². The Bertz CT molecular complexity index is 1530. The number of anilines is 1. The molecule has 0 saturated heterocycles. The minimum absolute atomic E-state index is 0.0198. The molecule has 4 aromatic rings. The van der Waals surface area contributed by atoms with Crippen LogP contribution in [-0.2, 0) is 10.0 Å². The number of aryl methyl sites for hydroxylation is 2. The molecule has 0 unspecified atom stereocenters. The Morgan fingerprint density at radius 3 is 2.49 bits per heavy atom. The summed E-state index contributed by atoms with van der Waals surface area (Å²) in [6, 6.07) is 11.6. The van der Waals surface area contributed by atoms with Crippen LogP contribution in [0.1, 0.15) is 53.7 Å². The zero-order chi connectivity index (χ0) is 26.3. The van der Waals surface area contributed by atoms with Gasteiger partial charge in [0, 0.05) is 24.7 Å². The van der Waals surface area contributed by atoms with Gasteiger partial charge in [-0.15, -0.1) is 0 Å². The quantitative estimate of drug-likeness (QED) is 0.315. The molecule has 2 aromatic carbocycles. The number of carbonyl (C=O) groups is 1. The first-order chi connectivity index (χ1) is 17.6. The highest BCUT2D eigenvalue weighted by atomic mass is 35.5. The summed E-state index contributed by atoms with van der Waals surface area (Å²) in [5, 5.41) is 8.60. The second-order valence-electron chi connectivity index (χ2n) is 9.41. The molecule has 2 heterocycles. The lowest BCUT2D eigenvalue weighted by Gasteiger charge is -2.30. The summed E-state index contributed by atoms with van der Waals surface area (Å²) in [5.41, 5.74) is 2.85. The Morgan fingerprint density at radius 2 is 1.81 bits per heavy atom. The molecule has 1 fully saturated rings. The summed E-state index contributed by atoms with van der Waals surface area (Å²) < 4.78 is 30.2. The zero-order valence-electron chi connectivity index (χ0n) is 20.9. The van der Waals surface area contributed by atoms with Crippen molar-refractivity contribution in [1.29, 1.82) is 0 Å². The standard InChI is InChI=1S/C26H28ClN5O3S2/c1-16-9-14-21(27)24-23(16)29-26(36-24)32-22(15-17(2)30-32)28-25(33)18-10-12-20(13-11-18)37(34,35)31(3)19-7-5-4-6-8-19/h9-15,19H,4-8H2,1-3H3,(H,28,33). The maximum Gasteiger partial charge on any atom is 0.256 e. The maximum absolute atomic E-state index is 13.1. The van der Waals surface area contributed by atoms with Crippen LogP contribution in [0.4, 0.5) is 5.82 Å². The van der Waals surface area contributed by atoms with E-state index in [1.807, 2.05) is 26.0 Å². The van der Waals surface area contributed by atoms with Gasteiger partial charge in [-0.05, 0) is 62.6 Å². The van der Waals surface area contributed by atoms with E-state index in [9.17, 15) is 13.2 Å². The molecular weight excluding hydrogens is 530 g/mol. The van der Waals surface area contributed by atoms with Crippen LogP contribution < -0.4 is 5.32 Å². The summed E-state index contributed by atoms with van der Waals surface area (Å²) in [4.78, 5) is 18.0. The van der Waals surface area contributed by atoms with E-state index in [-0.39, 0.29) is 16.8 Å². The number of halogens is 1. The van der Waals surface area contributed by atoms with E-state index < -0.39 is 10.0 Å². The molecule has 194 valence electrons. The molecule has 11 heteroatoms. The monoisotopic (exact) mass is 557 g/mol. The van der Waals surface area contributed by atoms with Crippen LogP contribution in [-0.4, -0.2) is 46.5 Å². The van der Waals surface area contributed by atoms with Crippen molar-refractivity contribution < 1.29 is 13.2 Å². The molecule has 1 aliphatic rings. The van der Waals surface area contributed by atoms with Crippen molar-refractivity contribution in [2.45, 2.75) is 56.9 Å². The number of nitrogens with zero attached hydrogens (tertiary/aromatic N) is 4. The normalized spacial score (nSPS) is 14.9. The maximum atomic E-state index is 13.1. The first kappa shape index (κ1) is 25.8. The molecule has 8 nitrogen and oxygen atoms in total. The van der Waals surface area contributed by atoms with E-state index in [0.717, 1.165) is 47.9 Å². The van der Waals surface area contributed by atoms with Gasteiger partial charge in [0.2, 0.25) is 15.2 Å². The third-order valence-electron chi connectivity index (χ3n) is 6.82. The predicted molar refractivity (Wildman–Crippen MR) is 147 cm³/mol. The largest absolute Gasteiger partial charge is 0.306 e. The van der Waals surface area contributed by atoms with Crippen molar-refractivity contribution in [3.8, 4) is 5.13 Å². The van der Waals surface area contributed by atoms with Crippen molar-refractivity contribution in [2.75, 3.05) is 12.4 Å². The van der Waals surface area contributed by atoms with Gasteiger partial charge in [0.25, 0.3) is 5.91 Å². The Morgan fingerprint density at radius 1 is 1.11 bits per heavy atom. The Balaban J connectivity index is 1.37. The Labute approximate surface area is 225 Å². The molecule has 0 spiro atoms. The molecule has 2 aromatic heterocycles. The van der Waals surface area contributed by atoms with Crippen LogP contribution >= 0.6 is 22.9 Å². The van der Waals surface area contributed by atoms with E-state index in [2.05, 4.69) is 10.4 Å². The molecule has 1 amide bonds. The number of amides is 1. The number of nitrogens with one attached hydrogen (secondary N) is 1. The number of benzene rings is 2. The molecular formula is C26H28ClN5O3S2. The van der Waals surface area contributed by atoms with Gasteiger partial charge in [-0.25, -0.2) is 13.4 Å². The van der Waals surface area contributed by atoms with Gasteiger partial charge < -0.3 is 5.32 Å². The summed E-state index contributed by atoms with van der Waals surface area (Å²) in [5.74, 6) is 0.0881. The van der Waals surface area contributed by atoms with Crippen molar-refractivity contribution >= 4 is 54.9 Å². The second kappa shape index (κ2) is 10.2. The van der Waals surface area contributed by atoms with Crippen LogP contribution in [0.5, 0.6) is 0 Å². The third-order valence-corrected chi connectivity index (χ3v) is 10.2. The average Bonchev–Trinajstić information content (AvgIpc) is 3.51. The lowest BCUT2D eigenvalue weighted by Crippen LogP contribution is -2.38. The minimum Gasteiger partial charge on any atom is -0.306 e. The fraction of sp³-hybridized carbons (Fsp3) is 0.346. The summed E-state index contributed by atoms with van der Waals surface area (Å²) in [6.07, 6.45) is 5.00. The van der Waals surface area contributed by atoms with Gasteiger partial charge in [0.15, 0.2) is 0 Å². The summed E-state index contributed by atoms with van der Waals surface area (Å²) in [6.45, 7) is 3.80. The topological polar surface area (TPSA) is 97.2 Å². The number of thiazole rings is 1. The van der Waals surface area contributed by atoms with E-state index in [0.29, 0.717) is 27.2 Å². The van der Waals surface area contributed by atoms with Crippen molar-refractivity contribution in [1.82, 2.24) is 19.1 Å². The third kappa shape index (κ3) is 5.03. The van der Waals surface area contributed by atoms with Crippen molar-refractivity contribution in [2.24, 2.45) is 0 Å². The first-order valence-electron chi connectivity index (χ1n) is 12.2. The number of rotatable bonds is 6. The van der Waals surface area contributed by atoms with Crippen LogP contribution in [0, 0.1) is 13.8 Å². The minimum atomic E-state index is -3.63. The van der Waals surface area contributed by atoms with Crippen molar-refractivity contribution in [3.05, 3.63) is 64.3 Å². The van der Waals surface area contributed by atoms with E-state index in [4.69, 9.17) is 16.6 Å². The smallest absolute Gasteiger partial charge is 0.256 e. The molecule has 0 aliphatic heterocycles. The van der Waals surface area contributed by atoms with Crippen LogP contribution in [0.3, 0.4) is 0 Å². The van der Waals surface area contributed by atoms with Crippen LogP contribution in [0.2, 0.25) is 5.02 Å². The van der Waals surface area contributed by atoms with Gasteiger partial charge >= 0.3 is 0 Å². The lowest BCUT2D eigenvalue weighted by atomic mass is 9.96. The summed E-state index contributed by atoms with van der Waals surface area (Å²) >= 11 is 7.77. The van der Waals surface area contributed by atoms with Crippen LogP contribution in [0.25, 0.3) is 15.3 Å². The highest BCUT2D eigenvalue weighted by Crippen LogP contribution is 2.34. The Hall–Kier alpha value is -2.79.